The summed E-state index contributed by atoms with van der Waals surface area (Å²) < 4.78 is 2.26. The van der Waals surface area contributed by atoms with Crippen LogP contribution in [0.2, 0.25) is 0 Å². The summed E-state index contributed by atoms with van der Waals surface area (Å²) in [6, 6.07) is 12.9. The van der Waals surface area contributed by atoms with Crippen LogP contribution >= 0.6 is 0 Å². The first-order valence-electron chi connectivity index (χ1n) is 11.5. The smallest absolute Gasteiger partial charge is 0.234 e. The molecule has 2 heterocycles. The second kappa shape index (κ2) is 9.79. The average molecular weight is 423 g/mol. The molecule has 6 nitrogen and oxygen atoms in total. The SMILES string of the molecule is Cc1cc(C(=O)CN2CCN(CC(=O)NC3CC3)CC2)c(C)n1CCc1ccccc1. The predicted octanol–water partition coefficient (Wildman–Crippen LogP) is 2.43. The number of carbonyl (C=O) groups excluding carboxylic acids is 2. The highest BCUT2D eigenvalue weighted by atomic mass is 16.2. The fourth-order valence-electron chi connectivity index (χ4n) is 4.41. The normalized spacial score (nSPS) is 17.6. The Balaban J connectivity index is 1.27. The third kappa shape index (κ3) is 5.83. The van der Waals surface area contributed by atoms with Gasteiger partial charge in [0.2, 0.25) is 5.91 Å². The third-order valence-corrected chi connectivity index (χ3v) is 6.48. The molecule has 2 aliphatic rings. The highest BCUT2D eigenvalue weighted by Crippen LogP contribution is 2.19. The molecule has 31 heavy (non-hydrogen) atoms. The second-order valence-corrected chi connectivity index (χ2v) is 8.99. The van der Waals surface area contributed by atoms with Crippen LogP contribution in [0.15, 0.2) is 36.4 Å². The van der Waals surface area contributed by atoms with E-state index in [1.807, 2.05) is 12.1 Å². The number of ketones is 1. The van der Waals surface area contributed by atoms with Crippen molar-refractivity contribution in [1.82, 2.24) is 19.7 Å². The molecule has 1 aromatic carbocycles. The van der Waals surface area contributed by atoms with Crippen molar-refractivity contribution in [3.05, 3.63) is 58.9 Å². The van der Waals surface area contributed by atoms with Crippen molar-refractivity contribution in [2.75, 3.05) is 39.3 Å². The number of hydrogen-bond acceptors (Lipinski definition) is 4. The van der Waals surface area contributed by atoms with Crippen molar-refractivity contribution in [3.63, 3.8) is 0 Å². The highest BCUT2D eigenvalue weighted by molar-refractivity contribution is 5.99. The van der Waals surface area contributed by atoms with Crippen molar-refractivity contribution in [2.24, 2.45) is 0 Å². The van der Waals surface area contributed by atoms with E-state index < -0.39 is 0 Å². The number of nitrogens with one attached hydrogen (secondary N) is 1. The molecule has 1 amide bonds. The predicted molar refractivity (Wildman–Crippen MR) is 122 cm³/mol. The van der Waals surface area contributed by atoms with Crippen LogP contribution in [0.4, 0.5) is 0 Å². The molecule has 1 N–H and O–H groups in total. The fraction of sp³-hybridized carbons (Fsp3) is 0.520. The number of amides is 1. The van der Waals surface area contributed by atoms with E-state index in [1.54, 1.807) is 0 Å². The van der Waals surface area contributed by atoms with E-state index in [0.717, 1.165) is 68.9 Å². The maximum atomic E-state index is 13.0. The van der Waals surface area contributed by atoms with E-state index in [2.05, 4.69) is 57.8 Å². The summed E-state index contributed by atoms with van der Waals surface area (Å²) in [4.78, 5) is 29.4. The summed E-state index contributed by atoms with van der Waals surface area (Å²) in [5.74, 6) is 0.328. The molecule has 0 radical (unpaired) electrons. The van der Waals surface area contributed by atoms with Gasteiger partial charge in [0.25, 0.3) is 0 Å². The van der Waals surface area contributed by atoms with Gasteiger partial charge in [-0.3, -0.25) is 19.4 Å². The van der Waals surface area contributed by atoms with Crippen molar-refractivity contribution in [1.29, 1.82) is 0 Å². The van der Waals surface area contributed by atoms with Gasteiger partial charge >= 0.3 is 0 Å². The molecule has 6 heteroatoms. The number of aryl methyl sites for hydroxylation is 2. The number of hydrogen-bond donors (Lipinski definition) is 1. The Morgan fingerprint density at radius 1 is 0.968 bits per heavy atom. The molecule has 4 rings (SSSR count). The topological polar surface area (TPSA) is 57.6 Å². The molecule has 0 atom stereocenters. The standard InChI is InChI=1S/C25H34N4O2/c1-19-16-23(20(2)29(19)11-10-21-6-4-3-5-7-21)24(30)17-27-12-14-28(15-13-27)18-25(31)26-22-8-9-22/h3-7,16,22H,8-15,17-18H2,1-2H3,(H,26,31). The lowest BCUT2D eigenvalue weighted by atomic mass is 10.1. The first-order valence-corrected chi connectivity index (χ1v) is 11.5. The monoisotopic (exact) mass is 422 g/mol. The summed E-state index contributed by atoms with van der Waals surface area (Å²) in [7, 11) is 0. The van der Waals surface area contributed by atoms with E-state index in [4.69, 9.17) is 0 Å². The number of nitrogens with zero attached hydrogens (tertiary/aromatic N) is 3. The van der Waals surface area contributed by atoms with E-state index >= 15 is 0 Å². The number of piperazine rings is 1. The minimum absolute atomic E-state index is 0.134. The fourth-order valence-corrected chi connectivity index (χ4v) is 4.41. The van der Waals surface area contributed by atoms with Crippen molar-refractivity contribution >= 4 is 11.7 Å². The molecular weight excluding hydrogens is 388 g/mol. The lowest BCUT2D eigenvalue weighted by Gasteiger charge is -2.33. The number of benzene rings is 1. The summed E-state index contributed by atoms with van der Waals surface area (Å²) in [6.07, 6.45) is 3.20. The molecule has 1 aliphatic heterocycles. The molecule has 2 aromatic rings. The number of carbonyl (C=O) groups is 2. The Morgan fingerprint density at radius 2 is 1.61 bits per heavy atom. The van der Waals surface area contributed by atoms with Gasteiger partial charge in [0.05, 0.1) is 13.1 Å². The van der Waals surface area contributed by atoms with Gasteiger partial charge in [-0.2, -0.15) is 0 Å². The van der Waals surface area contributed by atoms with Crippen LogP contribution in [0.3, 0.4) is 0 Å². The van der Waals surface area contributed by atoms with Gasteiger partial charge in [0.1, 0.15) is 0 Å². The second-order valence-electron chi connectivity index (χ2n) is 8.99. The van der Waals surface area contributed by atoms with Crippen LogP contribution in [0.25, 0.3) is 0 Å². The zero-order valence-electron chi connectivity index (χ0n) is 18.8. The third-order valence-electron chi connectivity index (χ3n) is 6.48. The summed E-state index contributed by atoms with van der Waals surface area (Å²) in [5.41, 5.74) is 4.36. The maximum Gasteiger partial charge on any atom is 0.234 e. The van der Waals surface area contributed by atoms with Gasteiger partial charge in [-0.05, 0) is 44.7 Å². The first kappa shape index (κ1) is 21.8. The van der Waals surface area contributed by atoms with Gasteiger partial charge in [0, 0.05) is 55.7 Å². The molecule has 0 bridgehead atoms. The van der Waals surface area contributed by atoms with E-state index in [9.17, 15) is 9.59 Å². The van der Waals surface area contributed by atoms with Crippen LogP contribution in [-0.4, -0.2) is 71.4 Å². The zero-order chi connectivity index (χ0) is 21.8. The lowest BCUT2D eigenvalue weighted by molar-refractivity contribution is -0.122. The maximum absolute atomic E-state index is 13.0. The Kier molecular flexibility index (Phi) is 6.88. The van der Waals surface area contributed by atoms with Crippen LogP contribution in [0.5, 0.6) is 0 Å². The Labute approximate surface area is 185 Å². The van der Waals surface area contributed by atoms with Gasteiger partial charge in [-0.25, -0.2) is 0 Å². The largest absolute Gasteiger partial charge is 0.352 e. The molecule has 0 unspecified atom stereocenters. The number of rotatable bonds is 9. The summed E-state index contributed by atoms with van der Waals surface area (Å²) >= 11 is 0. The summed E-state index contributed by atoms with van der Waals surface area (Å²) in [6.45, 7) is 9.28. The molecule has 1 aromatic heterocycles. The molecule has 1 saturated heterocycles. The van der Waals surface area contributed by atoms with Crippen LogP contribution in [0, 0.1) is 13.8 Å². The Hall–Kier alpha value is -2.44. The molecule has 2 fully saturated rings. The number of Topliss-reactive ketones (excluding diaryl/α,β-unsaturated/α-hetero) is 1. The van der Waals surface area contributed by atoms with Gasteiger partial charge in [0.15, 0.2) is 5.78 Å². The van der Waals surface area contributed by atoms with E-state index in [1.165, 1.54) is 5.56 Å². The van der Waals surface area contributed by atoms with Gasteiger partial charge < -0.3 is 9.88 Å². The number of aromatic nitrogens is 1. The van der Waals surface area contributed by atoms with Gasteiger partial charge in [-0.15, -0.1) is 0 Å². The molecular formula is C25H34N4O2. The molecule has 166 valence electrons. The Morgan fingerprint density at radius 3 is 2.26 bits per heavy atom. The minimum Gasteiger partial charge on any atom is -0.352 e. The van der Waals surface area contributed by atoms with E-state index in [0.29, 0.717) is 19.1 Å². The molecule has 0 spiro atoms. The highest BCUT2D eigenvalue weighted by Gasteiger charge is 2.26. The minimum atomic E-state index is 0.134. The molecule has 1 saturated carbocycles. The van der Waals surface area contributed by atoms with Crippen LogP contribution in [-0.2, 0) is 17.8 Å². The Bertz CT molecular complexity index is 909. The average Bonchev–Trinajstić information content (AvgIpc) is 3.52. The lowest BCUT2D eigenvalue weighted by Crippen LogP contribution is -2.50. The zero-order valence-corrected chi connectivity index (χ0v) is 18.8. The van der Waals surface area contributed by atoms with Gasteiger partial charge in [-0.1, -0.05) is 30.3 Å². The van der Waals surface area contributed by atoms with E-state index in [-0.39, 0.29) is 11.7 Å². The summed E-state index contributed by atoms with van der Waals surface area (Å²) in [5, 5.41) is 3.05. The van der Waals surface area contributed by atoms with Crippen molar-refractivity contribution in [3.8, 4) is 0 Å². The first-order chi connectivity index (χ1) is 15.0. The molecule has 1 aliphatic carbocycles. The van der Waals surface area contributed by atoms with Crippen LogP contribution < -0.4 is 5.32 Å². The van der Waals surface area contributed by atoms with Crippen molar-refractivity contribution < 1.29 is 9.59 Å². The van der Waals surface area contributed by atoms with Crippen molar-refractivity contribution in [2.45, 2.75) is 45.7 Å². The quantitative estimate of drug-likeness (QED) is 0.631. The van der Waals surface area contributed by atoms with Crippen LogP contribution in [0.1, 0.15) is 40.2 Å².